The smallest absolute Gasteiger partial charge is 0.419 e. The van der Waals surface area contributed by atoms with Gasteiger partial charge in [-0.2, -0.15) is 24.9 Å². The Bertz CT molecular complexity index is 1580. The summed E-state index contributed by atoms with van der Waals surface area (Å²) in [5, 5.41) is 2.96. The van der Waals surface area contributed by atoms with Crippen LogP contribution in [0, 0.1) is 17.6 Å². The van der Waals surface area contributed by atoms with Crippen LogP contribution < -0.4 is 10.1 Å². The largest absolute Gasteiger partial charge is 0.494 e. The maximum atomic E-state index is 14.3. The van der Waals surface area contributed by atoms with E-state index >= 15 is 0 Å². The molecular weight excluding hydrogens is 585 g/mol. The van der Waals surface area contributed by atoms with E-state index in [0.29, 0.717) is 47.5 Å². The van der Waals surface area contributed by atoms with Crippen molar-refractivity contribution in [1.82, 2.24) is 14.9 Å². The standard InChI is InChI=1S/C32H32F5N3O2S/c1-3-42-24-8-6-23(7-9-24)40-28-11-5-22(33)17-27(28)39-30(40)19(2)29(31(41)38-18-20-12-14-43-15-13-20)21-4-10-26(34)25(16-21)32(35,36)37/h4-11,16-17,19-20,29H,3,12-15,18H2,1-2H3,(H,38,41). The first-order chi connectivity index (χ1) is 20.6. The second-order valence-electron chi connectivity index (χ2n) is 10.7. The third-order valence-corrected chi connectivity index (χ3v) is 8.85. The molecule has 0 spiro atoms. The first kappa shape index (κ1) is 30.8. The quantitative estimate of drug-likeness (QED) is 0.194. The molecule has 228 valence electrons. The van der Waals surface area contributed by atoms with Crippen LogP contribution in [0.15, 0.2) is 60.7 Å². The number of hydrogen-bond donors (Lipinski definition) is 1. The fraction of sp³-hybridized carbons (Fsp3) is 0.375. The number of hydrogen-bond acceptors (Lipinski definition) is 4. The molecule has 11 heteroatoms. The van der Waals surface area contributed by atoms with Crippen molar-refractivity contribution >= 4 is 28.7 Å². The van der Waals surface area contributed by atoms with Crippen LogP contribution in [0.2, 0.25) is 0 Å². The first-order valence-corrected chi connectivity index (χ1v) is 15.4. The number of halogens is 5. The monoisotopic (exact) mass is 617 g/mol. The van der Waals surface area contributed by atoms with Crippen molar-refractivity contribution in [1.29, 1.82) is 0 Å². The van der Waals surface area contributed by atoms with Crippen LogP contribution in [-0.4, -0.2) is 40.1 Å². The molecule has 1 aliphatic heterocycles. The number of aromatic nitrogens is 2. The molecule has 3 aromatic carbocycles. The van der Waals surface area contributed by atoms with E-state index in [1.54, 1.807) is 41.8 Å². The number of nitrogens with one attached hydrogen (secondary N) is 1. The Hall–Kier alpha value is -3.60. The molecule has 1 amide bonds. The lowest BCUT2D eigenvalue weighted by molar-refractivity contribution is -0.140. The normalized spacial score (nSPS) is 15.8. The zero-order valence-electron chi connectivity index (χ0n) is 23.8. The van der Waals surface area contributed by atoms with Crippen molar-refractivity contribution in [3.63, 3.8) is 0 Å². The van der Waals surface area contributed by atoms with E-state index in [9.17, 15) is 26.7 Å². The molecular formula is C32H32F5N3O2S. The minimum absolute atomic E-state index is 0.00871. The fourth-order valence-electron chi connectivity index (χ4n) is 5.58. The number of rotatable bonds is 9. The van der Waals surface area contributed by atoms with Crippen molar-refractivity contribution in [3.8, 4) is 11.4 Å². The van der Waals surface area contributed by atoms with Gasteiger partial charge in [-0.25, -0.2) is 13.8 Å². The van der Waals surface area contributed by atoms with Crippen LogP contribution in [0.25, 0.3) is 16.7 Å². The number of amides is 1. The summed E-state index contributed by atoms with van der Waals surface area (Å²) in [5.74, 6) is -1.14. The predicted molar refractivity (Wildman–Crippen MR) is 158 cm³/mol. The number of fused-ring (bicyclic) bond motifs is 1. The van der Waals surface area contributed by atoms with Crippen LogP contribution in [-0.2, 0) is 11.0 Å². The molecule has 1 saturated heterocycles. The molecule has 5 rings (SSSR count). The highest BCUT2D eigenvalue weighted by Crippen LogP contribution is 2.39. The Morgan fingerprint density at radius 3 is 2.47 bits per heavy atom. The van der Waals surface area contributed by atoms with Gasteiger partial charge in [-0.3, -0.25) is 9.36 Å². The SMILES string of the molecule is CCOc1ccc(-n2c(C(C)C(C(=O)NCC3CCSCC3)c3ccc(F)c(C(F)(F)F)c3)nc3cc(F)ccc32)cc1. The highest BCUT2D eigenvalue weighted by molar-refractivity contribution is 7.99. The van der Waals surface area contributed by atoms with E-state index in [1.165, 1.54) is 18.2 Å². The van der Waals surface area contributed by atoms with Crippen molar-refractivity contribution in [2.45, 2.75) is 44.7 Å². The molecule has 1 N–H and O–H groups in total. The van der Waals surface area contributed by atoms with E-state index < -0.39 is 41.1 Å². The Morgan fingerprint density at radius 2 is 1.79 bits per heavy atom. The number of carbonyl (C=O) groups excluding carboxylic acids is 1. The van der Waals surface area contributed by atoms with Gasteiger partial charge < -0.3 is 10.1 Å². The van der Waals surface area contributed by atoms with E-state index in [1.807, 2.05) is 18.7 Å². The number of alkyl halides is 3. The number of carbonyl (C=O) groups is 1. The lowest BCUT2D eigenvalue weighted by atomic mass is 9.84. The van der Waals surface area contributed by atoms with Gasteiger partial charge >= 0.3 is 6.18 Å². The third kappa shape index (κ3) is 6.82. The van der Waals surface area contributed by atoms with Crippen LogP contribution >= 0.6 is 11.8 Å². The average molecular weight is 618 g/mol. The van der Waals surface area contributed by atoms with Gasteiger partial charge in [0.15, 0.2) is 0 Å². The molecule has 2 heterocycles. The van der Waals surface area contributed by atoms with Crippen molar-refractivity contribution in [3.05, 3.63) is 89.2 Å². The third-order valence-electron chi connectivity index (χ3n) is 7.80. The van der Waals surface area contributed by atoms with Gasteiger partial charge in [0, 0.05) is 24.2 Å². The molecule has 2 unspecified atom stereocenters. The Balaban J connectivity index is 1.61. The minimum Gasteiger partial charge on any atom is -0.494 e. The molecule has 4 aromatic rings. The number of benzene rings is 3. The van der Waals surface area contributed by atoms with Gasteiger partial charge in [-0.15, -0.1) is 0 Å². The number of ether oxygens (including phenoxy) is 1. The van der Waals surface area contributed by atoms with Gasteiger partial charge in [0.25, 0.3) is 0 Å². The maximum absolute atomic E-state index is 14.3. The molecule has 0 saturated carbocycles. The van der Waals surface area contributed by atoms with E-state index in [4.69, 9.17) is 4.74 Å². The number of imidazole rings is 1. The summed E-state index contributed by atoms with van der Waals surface area (Å²) in [7, 11) is 0. The summed E-state index contributed by atoms with van der Waals surface area (Å²) >= 11 is 1.85. The molecule has 0 radical (unpaired) electrons. The zero-order chi connectivity index (χ0) is 30.7. The van der Waals surface area contributed by atoms with Gasteiger partial charge in [-0.05, 0) is 91.3 Å². The molecule has 0 bridgehead atoms. The number of thioether (sulfide) groups is 1. The molecule has 1 fully saturated rings. The summed E-state index contributed by atoms with van der Waals surface area (Å²) in [5.41, 5.74) is 0.0928. The van der Waals surface area contributed by atoms with Crippen LogP contribution in [0.1, 0.15) is 55.5 Å². The molecule has 1 aromatic heterocycles. The van der Waals surface area contributed by atoms with Crippen LogP contribution in [0.4, 0.5) is 22.0 Å². The fourth-order valence-corrected chi connectivity index (χ4v) is 6.79. The molecule has 2 atom stereocenters. The summed E-state index contributed by atoms with van der Waals surface area (Å²) < 4.78 is 77.2. The van der Waals surface area contributed by atoms with Gasteiger partial charge in [-0.1, -0.05) is 13.0 Å². The maximum Gasteiger partial charge on any atom is 0.419 e. The molecule has 43 heavy (non-hydrogen) atoms. The highest BCUT2D eigenvalue weighted by Gasteiger charge is 2.38. The Morgan fingerprint density at radius 1 is 1.07 bits per heavy atom. The second kappa shape index (κ2) is 13.0. The predicted octanol–water partition coefficient (Wildman–Crippen LogP) is 7.87. The van der Waals surface area contributed by atoms with Crippen LogP contribution in [0.5, 0.6) is 5.75 Å². The second-order valence-corrected chi connectivity index (χ2v) is 11.9. The van der Waals surface area contributed by atoms with Gasteiger partial charge in [0.05, 0.1) is 29.1 Å². The van der Waals surface area contributed by atoms with E-state index in [0.717, 1.165) is 30.4 Å². The minimum atomic E-state index is -4.95. The van der Waals surface area contributed by atoms with Crippen molar-refractivity contribution in [2.24, 2.45) is 5.92 Å². The summed E-state index contributed by atoms with van der Waals surface area (Å²) in [6.07, 6.45) is -3.09. The average Bonchev–Trinajstić information content (AvgIpc) is 3.36. The van der Waals surface area contributed by atoms with E-state index in [2.05, 4.69) is 10.3 Å². The number of nitrogens with zero attached hydrogens (tertiary/aromatic N) is 2. The topological polar surface area (TPSA) is 56.1 Å². The molecule has 0 aliphatic carbocycles. The Labute approximate surface area is 250 Å². The summed E-state index contributed by atoms with van der Waals surface area (Å²) in [6, 6.07) is 13.9. The molecule has 1 aliphatic rings. The van der Waals surface area contributed by atoms with Crippen molar-refractivity contribution in [2.75, 3.05) is 24.7 Å². The summed E-state index contributed by atoms with van der Waals surface area (Å²) in [6.45, 7) is 4.42. The summed E-state index contributed by atoms with van der Waals surface area (Å²) in [4.78, 5) is 18.6. The first-order valence-electron chi connectivity index (χ1n) is 14.2. The van der Waals surface area contributed by atoms with Gasteiger partial charge in [0.1, 0.15) is 23.2 Å². The lowest BCUT2D eigenvalue weighted by Gasteiger charge is -2.27. The zero-order valence-corrected chi connectivity index (χ0v) is 24.6. The highest BCUT2D eigenvalue weighted by atomic mass is 32.2. The van der Waals surface area contributed by atoms with Gasteiger partial charge in [0.2, 0.25) is 5.91 Å². The lowest BCUT2D eigenvalue weighted by Crippen LogP contribution is -2.36. The van der Waals surface area contributed by atoms with E-state index in [-0.39, 0.29) is 11.5 Å². The van der Waals surface area contributed by atoms with Crippen LogP contribution in [0.3, 0.4) is 0 Å². The van der Waals surface area contributed by atoms with Crippen molar-refractivity contribution < 1.29 is 31.5 Å². The Kier molecular flexibility index (Phi) is 9.29. The molecule has 5 nitrogen and oxygen atoms in total.